The van der Waals surface area contributed by atoms with E-state index < -0.39 is 5.69 Å². The molecule has 0 aliphatic heterocycles. The molecule has 4 nitrogen and oxygen atoms in total. The van der Waals surface area contributed by atoms with Gasteiger partial charge in [0, 0.05) is 17.0 Å². The Morgan fingerprint density at radius 2 is 2.00 bits per heavy atom. The first-order chi connectivity index (χ1) is 8.24. The Labute approximate surface area is 99.8 Å². The average molecular weight is 244 g/mol. The van der Waals surface area contributed by atoms with Crippen molar-refractivity contribution in [2.45, 2.75) is 0 Å². The molecule has 0 aliphatic rings. The van der Waals surface area contributed by atoms with Gasteiger partial charge in [0.25, 0.3) is 5.56 Å². The number of nitrogens with zero attached hydrogens (tertiary/aromatic N) is 1. The lowest BCUT2D eigenvalue weighted by atomic mass is 10.2. The summed E-state index contributed by atoms with van der Waals surface area (Å²) in [5.41, 5.74) is -0.0629. The molecule has 3 rings (SSSR count). The van der Waals surface area contributed by atoms with Gasteiger partial charge in [0.05, 0.1) is 5.69 Å². The molecule has 84 valence electrons. The van der Waals surface area contributed by atoms with Crippen molar-refractivity contribution in [2.75, 3.05) is 0 Å². The van der Waals surface area contributed by atoms with Gasteiger partial charge in [-0.05, 0) is 35.0 Å². The fourth-order valence-electron chi connectivity index (χ4n) is 1.72. The van der Waals surface area contributed by atoms with Crippen molar-refractivity contribution in [3.05, 3.63) is 62.7 Å². The van der Waals surface area contributed by atoms with Crippen LogP contribution >= 0.6 is 11.3 Å². The Morgan fingerprint density at radius 1 is 1.12 bits per heavy atom. The number of aromatic amines is 1. The number of aromatic nitrogens is 2. The van der Waals surface area contributed by atoms with Crippen molar-refractivity contribution >= 4 is 21.4 Å². The van der Waals surface area contributed by atoms with Crippen LogP contribution < -0.4 is 11.2 Å². The van der Waals surface area contributed by atoms with E-state index in [0.717, 1.165) is 11.1 Å². The number of benzene rings is 1. The second kappa shape index (κ2) is 3.71. The molecule has 1 aromatic carbocycles. The van der Waals surface area contributed by atoms with Gasteiger partial charge in [0.1, 0.15) is 0 Å². The van der Waals surface area contributed by atoms with Gasteiger partial charge in [0.15, 0.2) is 0 Å². The summed E-state index contributed by atoms with van der Waals surface area (Å²) in [6.07, 6.45) is 1.48. The molecule has 0 spiro atoms. The summed E-state index contributed by atoms with van der Waals surface area (Å²) in [6, 6.07) is 9.08. The third-order valence-electron chi connectivity index (χ3n) is 2.54. The molecule has 2 aromatic heterocycles. The zero-order chi connectivity index (χ0) is 11.8. The summed E-state index contributed by atoms with van der Waals surface area (Å²) in [7, 11) is 0. The summed E-state index contributed by atoms with van der Waals surface area (Å²) in [4.78, 5) is 24.8. The summed E-state index contributed by atoms with van der Waals surface area (Å²) in [6.45, 7) is 0. The van der Waals surface area contributed by atoms with Gasteiger partial charge < -0.3 is 0 Å². The van der Waals surface area contributed by atoms with E-state index in [1.54, 1.807) is 11.3 Å². The molecule has 0 saturated heterocycles. The molecule has 0 amide bonds. The van der Waals surface area contributed by atoms with Gasteiger partial charge in [-0.3, -0.25) is 14.3 Å². The third-order valence-corrected chi connectivity index (χ3v) is 3.44. The van der Waals surface area contributed by atoms with E-state index in [1.165, 1.54) is 21.5 Å². The van der Waals surface area contributed by atoms with Crippen LogP contribution in [0.25, 0.3) is 15.8 Å². The maximum Gasteiger partial charge on any atom is 0.332 e. The monoisotopic (exact) mass is 244 g/mol. The molecule has 0 atom stereocenters. The lowest BCUT2D eigenvalue weighted by molar-refractivity contribution is 0.897. The van der Waals surface area contributed by atoms with E-state index in [0.29, 0.717) is 0 Å². The number of thiophene rings is 1. The molecular formula is C12H8N2O2S. The van der Waals surface area contributed by atoms with Crippen LogP contribution in [0.2, 0.25) is 0 Å². The second-order valence-corrected chi connectivity index (χ2v) is 4.57. The normalized spacial score (nSPS) is 10.8. The van der Waals surface area contributed by atoms with Crippen LogP contribution in [0, 0.1) is 0 Å². The minimum absolute atomic E-state index is 0.386. The highest BCUT2D eigenvalue weighted by atomic mass is 32.1. The molecule has 0 bridgehead atoms. The van der Waals surface area contributed by atoms with E-state index in [9.17, 15) is 9.59 Å². The van der Waals surface area contributed by atoms with E-state index >= 15 is 0 Å². The maximum atomic E-state index is 11.6. The predicted octanol–water partition coefficient (Wildman–Crippen LogP) is 1.74. The van der Waals surface area contributed by atoms with Crippen LogP contribution in [0.3, 0.4) is 0 Å². The Morgan fingerprint density at radius 3 is 2.82 bits per heavy atom. The Balaban J connectivity index is 2.26. The van der Waals surface area contributed by atoms with Crippen molar-refractivity contribution in [3.63, 3.8) is 0 Å². The summed E-state index contributed by atoms with van der Waals surface area (Å²) in [5, 5.41) is 3.09. The van der Waals surface area contributed by atoms with Crippen molar-refractivity contribution in [1.82, 2.24) is 9.55 Å². The van der Waals surface area contributed by atoms with Crippen molar-refractivity contribution < 1.29 is 0 Å². The smallest absolute Gasteiger partial charge is 0.274 e. The number of H-pyrrole nitrogens is 1. The van der Waals surface area contributed by atoms with Crippen LogP contribution in [0.5, 0.6) is 0 Å². The first-order valence-corrected chi connectivity index (χ1v) is 5.92. The van der Waals surface area contributed by atoms with Crippen LogP contribution in [0.15, 0.2) is 51.5 Å². The first kappa shape index (κ1) is 10.0. The predicted molar refractivity (Wildman–Crippen MR) is 68.0 cm³/mol. The molecule has 0 radical (unpaired) electrons. The number of fused-ring (bicyclic) bond motifs is 1. The largest absolute Gasteiger partial charge is 0.332 e. The molecule has 2 heterocycles. The van der Waals surface area contributed by atoms with Gasteiger partial charge in [0.2, 0.25) is 0 Å². The highest BCUT2D eigenvalue weighted by Crippen LogP contribution is 2.22. The molecular weight excluding hydrogens is 236 g/mol. The fraction of sp³-hybridized carbons (Fsp3) is 0. The molecule has 3 aromatic rings. The van der Waals surface area contributed by atoms with Crippen LogP contribution in [-0.2, 0) is 0 Å². The van der Waals surface area contributed by atoms with Gasteiger partial charge in [-0.1, -0.05) is 0 Å². The summed E-state index contributed by atoms with van der Waals surface area (Å²) >= 11 is 1.65. The zero-order valence-electron chi connectivity index (χ0n) is 8.71. The number of hydrogen-bond donors (Lipinski definition) is 1. The van der Waals surface area contributed by atoms with Crippen LogP contribution in [0.4, 0.5) is 0 Å². The third kappa shape index (κ3) is 1.70. The second-order valence-electron chi connectivity index (χ2n) is 3.62. The molecule has 0 fully saturated rings. The van der Waals surface area contributed by atoms with Gasteiger partial charge >= 0.3 is 5.69 Å². The molecule has 0 aliphatic carbocycles. The lowest BCUT2D eigenvalue weighted by Crippen LogP contribution is -2.27. The highest BCUT2D eigenvalue weighted by molar-refractivity contribution is 7.17. The van der Waals surface area contributed by atoms with Gasteiger partial charge in [-0.25, -0.2) is 4.79 Å². The Kier molecular flexibility index (Phi) is 2.19. The number of hydrogen-bond acceptors (Lipinski definition) is 3. The molecule has 5 heteroatoms. The average Bonchev–Trinajstić information content (AvgIpc) is 2.75. The first-order valence-electron chi connectivity index (χ1n) is 5.04. The van der Waals surface area contributed by atoms with Crippen LogP contribution in [0.1, 0.15) is 0 Å². The summed E-state index contributed by atoms with van der Waals surface area (Å²) < 4.78 is 2.59. The zero-order valence-corrected chi connectivity index (χ0v) is 9.53. The Bertz CT molecular complexity index is 798. The number of nitrogens with one attached hydrogen (secondary N) is 1. The fourth-order valence-corrected chi connectivity index (χ4v) is 2.50. The van der Waals surface area contributed by atoms with Crippen molar-refractivity contribution in [1.29, 1.82) is 0 Å². The van der Waals surface area contributed by atoms with E-state index in [1.807, 2.05) is 29.6 Å². The number of rotatable bonds is 1. The topological polar surface area (TPSA) is 54.9 Å². The lowest BCUT2D eigenvalue weighted by Gasteiger charge is -2.04. The van der Waals surface area contributed by atoms with Gasteiger partial charge in [-0.2, -0.15) is 0 Å². The molecule has 0 unspecified atom stereocenters. The summed E-state index contributed by atoms with van der Waals surface area (Å²) in [5.74, 6) is 0. The molecule has 0 saturated carbocycles. The van der Waals surface area contributed by atoms with E-state index in [2.05, 4.69) is 4.98 Å². The highest BCUT2D eigenvalue weighted by Gasteiger charge is 2.02. The van der Waals surface area contributed by atoms with E-state index in [4.69, 9.17) is 0 Å². The van der Waals surface area contributed by atoms with E-state index in [-0.39, 0.29) is 5.56 Å². The quantitative estimate of drug-likeness (QED) is 0.709. The molecule has 1 N–H and O–H groups in total. The standard InChI is InChI=1S/C12H8N2O2S/c15-11-3-5-14(12(16)13-11)9-1-2-10-8(7-9)4-6-17-10/h1-7H,(H,13,15,16). The van der Waals surface area contributed by atoms with Crippen molar-refractivity contribution in [2.24, 2.45) is 0 Å². The molecule has 17 heavy (non-hydrogen) atoms. The van der Waals surface area contributed by atoms with Crippen LogP contribution in [-0.4, -0.2) is 9.55 Å². The minimum Gasteiger partial charge on any atom is -0.274 e. The SMILES string of the molecule is O=c1ccn(-c2ccc3sccc3c2)c(=O)[nH]1. The minimum atomic E-state index is -0.424. The maximum absolute atomic E-state index is 11.6. The van der Waals surface area contributed by atoms with Gasteiger partial charge in [-0.15, -0.1) is 11.3 Å². The Hall–Kier alpha value is -2.14. The van der Waals surface area contributed by atoms with Crippen molar-refractivity contribution in [3.8, 4) is 5.69 Å².